The molecule has 1 amide bonds. The molecule has 0 saturated carbocycles. The lowest BCUT2D eigenvalue weighted by Crippen LogP contribution is -2.50. The number of aryl methyl sites for hydroxylation is 2. The molecular weight excluding hydrogens is 430 g/mol. The number of sulfonamides is 1. The number of piperazine rings is 1. The number of hydrogen-bond acceptors (Lipinski definition) is 5. The van der Waals surface area contributed by atoms with Crippen LogP contribution in [0.3, 0.4) is 0 Å². The number of pyridine rings is 1. The molecule has 29 heavy (non-hydrogen) atoms. The zero-order valence-electron chi connectivity index (χ0n) is 16.1. The van der Waals surface area contributed by atoms with E-state index >= 15 is 0 Å². The third-order valence-corrected chi connectivity index (χ3v) is 8.64. The van der Waals surface area contributed by atoms with Crippen molar-refractivity contribution in [3.63, 3.8) is 0 Å². The van der Waals surface area contributed by atoms with Crippen molar-refractivity contribution in [1.82, 2.24) is 14.2 Å². The van der Waals surface area contributed by atoms with Gasteiger partial charge in [0.15, 0.2) is 0 Å². The predicted octanol–water partition coefficient (Wildman–Crippen LogP) is 3.71. The van der Waals surface area contributed by atoms with Crippen molar-refractivity contribution in [2.45, 2.75) is 18.1 Å². The number of amides is 1. The van der Waals surface area contributed by atoms with Crippen molar-refractivity contribution in [3.8, 4) is 0 Å². The van der Waals surface area contributed by atoms with Crippen molar-refractivity contribution < 1.29 is 13.2 Å². The first-order valence-corrected chi connectivity index (χ1v) is 11.8. The summed E-state index contributed by atoms with van der Waals surface area (Å²) in [6, 6.07) is 10.6. The average Bonchev–Trinajstić information content (AvgIpc) is 3.14. The van der Waals surface area contributed by atoms with E-state index in [1.54, 1.807) is 36.1 Å². The molecule has 0 radical (unpaired) electrons. The van der Waals surface area contributed by atoms with Crippen LogP contribution in [0.2, 0.25) is 5.02 Å². The van der Waals surface area contributed by atoms with Crippen molar-refractivity contribution in [2.24, 2.45) is 0 Å². The lowest BCUT2D eigenvalue weighted by Gasteiger charge is -2.34. The lowest BCUT2D eigenvalue weighted by atomic mass is 10.1. The number of carbonyl (C=O) groups is 1. The summed E-state index contributed by atoms with van der Waals surface area (Å²) in [4.78, 5) is 20.2. The van der Waals surface area contributed by atoms with Gasteiger partial charge in [0.25, 0.3) is 15.9 Å². The molecule has 2 aromatic heterocycles. The third kappa shape index (κ3) is 3.90. The summed E-state index contributed by atoms with van der Waals surface area (Å²) in [5.41, 5.74) is 1.95. The SMILES string of the molecule is Cc1ccc(S(=O)(=O)N2CCN(C(=O)c3cc4cc(Cl)ccc4nc3C)CC2)s1. The van der Waals surface area contributed by atoms with Gasteiger partial charge in [-0.25, -0.2) is 8.42 Å². The van der Waals surface area contributed by atoms with Crippen LogP contribution in [-0.4, -0.2) is 54.7 Å². The summed E-state index contributed by atoms with van der Waals surface area (Å²) in [7, 11) is -3.51. The van der Waals surface area contributed by atoms with E-state index in [0.717, 1.165) is 15.8 Å². The Kier molecular flexibility index (Phi) is 5.37. The quantitative estimate of drug-likeness (QED) is 0.611. The van der Waals surface area contributed by atoms with Crippen LogP contribution in [-0.2, 0) is 10.0 Å². The van der Waals surface area contributed by atoms with E-state index in [4.69, 9.17) is 11.6 Å². The third-order valence-electron chi connectivity index (χ3n) is 5.03. The average molecular weight is 450 g/mol. The van der Waals surface area contributed by atoms with E-state index < -0.39 is 10.0 Å². The number of thiophene rings is 1. The van der Waals surface area contributed by atoms with Gasteiger partial charge in [-0.1, -0.05) is 11.6 Å². The normalized spacial score (nSPS) is 15.8. The Bertz CT molecular complexity index is 1200. The Labute approximate surface area is 178 Å². The minimum atomic E-state index is -3.51. The zero-order chi connectivity index (χ0) is 20.8. The molecule has 0 atom stereocenters. The molecule has 1 fully saturated rings. The Morgan fingerprint density at radius 1 is 1.07 bits per heavy atom. The number of carbonyl (C=O) groups excluding carboxylic acids is 1. The molecule has 4 rings (SSSR count). The summed E-state index contributed by atoms with van der Waals surface area (Å²) in [5.74, 6) is -0.138. The lowest BCUT2D eigenvalue weighted by molar-refractivity contribution is 0.0697. The van der Waals surface area contributed by atoms with E-state index in [1.807, 2.05) is 19.1 Å². The van der Waals surface area contributed by atoms with Gasteiger partial charge in [-0.15, -0.1) is 11.3 Å². The van der Waals surface area contributed by atoms with Crippen molar-refractivity contribution in [2.75, 3.05) is 26.2 Å². The van der Waals surface area contributed by atoms with Gasteiger partial charge < -0.3 is 4.90 Å². The van der Waals surface area contributed by atoms with Gasteiger partial charge in [0.05, 0.1) is 16.8 Å². The number of rotatable bonds is 3. The maximum absolute atomic E-state index is 13.1. The Balaban J connectivity index is 1.52. The van der Waals surface area contributed by atoms with E-state index in [9.17, 15) is 13.2 Å². The molecular formula is C20H20ClN3O3S2. The topological polar surface area (TPSA) is 70.6 Å². The van der Waals surface area contributed by atoms with Crippen LogP contribution in [0.1, 0.15) is 20.9 Å². The number of hydrogen-bond donors (Lipinski definition) is 0. The summed E-state index contributed by atoms with van der Waals surface area (Å²) < 4.78 is 27.4. The number of fused-ring (bicyclic) bond motifs is 1. The van der Waals surface area contributed by atoms with Crippen molar-refractivity contribution in [1.29, 1.82) is 0 Å². The van der Waals surface area contributed by atoms with Crippen LogP contribution in [0, 0.1) is 13.8 Å². The highest BCUT2D eigenvalue weighted by molar-refractivity contribution is 7.91. The van der Waals surface area contributed by atoms with Gasteiger partial charge in [0, 0.05) is 41.5 Å². The molecule has 3 heterocycles. The van der Waals surface area contributed by atoms with Gasteiger partial charge >= 0.3 is 0 Å². The maximum Gasteiger partial charge on any atom is 0.255 e. The van der Waals surface area contributed by atoms with Gasteiger partial charge in [0.1, 0.15) is 4.21 Å². The molecule has 3 aromatic rings. The largest absolute Gasteiger partial charge is 0.336 e. The monoisotopic (exact) mass is 449 g/mol. The van der Waals surface area contributed by atoms with Gasteiger partial charge in [0.2, 0.25) is 0 Å². The predicted molar refractivity (Wildman–Crippen MR) is 115 cm³/mol. The number of halogens is 1. The Hall–Kier alpha value is -2.00. The van der Waals surface area contributed by atoms with Crippen molar-refractivity contribution in [3.05, 3.63) is 57.6 Å². The van der Waals surface area contributed by atoms with E-state index in [0.29, 0.717) is 33.6 Å². The Morgan fingerprint density at radius 3 is 2.45 bits per heavy atom. The van der Waals surface area contributed by atoms with Crippen molar-refractivity contribution >= 4 is 49.8 Å². The molecule has 0 spiro atoms. The first kappa shape index (κ1) is 20.3. The van der Waals surface area contributed by atoms with Crippen LogP contribution >= 0.6 is 22.9 Å². The minimum absolute atomic E-state index is 0.138. The van der Waals surface area contributed by atoms with Gasteiger partial charge in [-0.2, -0.15) is 4.31 Å². The molecule has 1 aliphatic rings. The second kappa shape index (κ2) is 7.68. The first-order chi connectivity index (χ1) is 13.8. The van der Waals surface area contributed by atoms with Crippen LogP contribution in [0.4, 0.5) is 0 Å². The highest BCUT2D eigenvalue weighted by atomic mass is 35.5. The molecule has 9 heteroatoms. The number of aromatic nitrogens is 1. The highest BCUT2D eigenvalue weighted by Crippen LogP contribution is 2.26. The molecule has 0 aliphatic carbocycles. The molecule has 1 aliphatic heterocycles. The number of nitrogens with zero attached hydrogens (tertiary/aromatic N) is 3. The summed E-state index contributed by atoms with van der Waals surface area (Å²) in [6.45, 7) is 4.92. The van der Waals surface area contributed by atoms with Crippen LogP contribution in [0.25, 0.3) is 10.9 Å². The highest BCUT2D eigenvalue weighted by Gasteiger charge is 2.31. The fraction of sp³-hybridized carbons (Fsp3) is 0.300. The standard InChI is InChI=1S/C20H20ClN3O3S2/c1-13-3-6-19(28-13)29(26,27)24-9-7-23(8-10-24)20(25)17-12-15-11-16(21)4-5-18(15)22-14(17)2/h3-6,11-12H,7-10H2,1-2H3. The van der Waals surface area contributed by atoms with Crippen LogP contribution in [0.5, 0.6) is 0 Å². The molecule has 152 valence electrons. The second-order valence-electron chi connectivity index (χ2n) is 7.02. The summed E-state index contributed by atoms with van der Waals surface area (Å²) in [5, 5.41) is 1.39. The van der Waals surface area contributed by atoms with Gasteiger partial charge in [-0.05, 0) is 50.2 Å². The molecule has 0 N–H and O–H groups in total. The summed E-state index contributed by atoms with van der Waals surface area (Å²) >= 11 is 7.33. The fourth-order valence-corrected chi connectivity index (χ4v) is 6.48. The minimum Gasteiger partial charge on any atom is -0.336 e. The molecule has 0 unspecified atom stereocenters. The second-order valence-corrected chi connectivity index (χ2v) is 10.9. The number of benzene rings is 1. The van der Waals surface area contributed by atoms with E-state index in [-0.39, 0.29) is 19.0 Å². The van der Waals surface area contributed by atoms with Gasteiger partial charge in [-0.3, -0.25) is 9.78 Å². The molecule has 1 aromatic carbocycles. The van der Waals surface area contributed by atoms with E-state index in [1.165, 1.54) is 15.6 Å². The first-order valence-electron chi connectivity index (χ1n) is 9.18. The summed E-state index contributed by atoms with van der Waals surface area (Å²) in [6.07, 6.45) is 0. The maximum atomic E-state index is 13.1. The molecule has 0 bridgehead atoms. The van der Waals surface area contributed by atoms with Crippen LogP contribution in [0.15, 0.2) is 40.6 Å². The van der Waals surface area contributed by atoms with E-state index in [2.05, 4.69) is 4.98 Å². The Morgan fingerprint density at radius 2 is 1.79 bits per heavy atom. The smallest absolute Gasteiger partial charge is 0.255 e. The molecule has 6 nitrogen and oxygen atoms in total. The fourth-order valence-electron chi connectivity index (χ4n) is 3.44. The zero-order valence-corrected chi connectivity index (χ0v) is 18.4. The molecule has 1 saturated heterocycles. The van der Waals surface area contributed by atoms with Crippen LogP contribution < -0.4 is 0 Å².